The van der Waals surface area contributed by atoms with Crippen molar-refractivity contribution in [3.8, 4) is 23.0 Å². The van der Waals surface area contributed by atoms with Gasteiger partial charge in [-0.3, -0.25) is 9.59 Å². The zero-order chi connectivity index (χ0) is 28.5. The first-order chi connectivity index (χ1) is 19.9. The molecule has 1 fully saturated rings. The summed E-state index contributed by atoms with van der Waals surface area (Å²) in [7, 11) is 3.06. The number of hydrogen-bond donors (Lipinski definition) is 2. The van der Waals surface area contributed by atoms with Crippen molar-refractivity contribution in [1.29, 1.82) is 0 Å². The number of carbonyl (C=O) groups excluding carboxylic acids is 2. The molecule has 0 unspecified atom stereocenters. The number of benzene rings is 3. The molecule has 3 aliphatic rings. The van der Waals surface area contributed by atoms with Crippen molar-refractivity contribution >= 4 is 50.1 Å². The molecule has 1 aromatic heterocycles. The summed E-state index contributed by atoms with van der Waals surface area (Å²) in [6, 6.07) is 15.6. The number of fused-ring (bicyclic) bond motifs is 8. The Morgan fingerprint density at radius 1 is 1.00 bits per heavy atom. The summed E-state index contributed by atoms with van der Waals surface area (Å²) in [6.07, 6.45) is -0.418. The average Bonchev–Trinajstić information content (AvgIpc) is 3.58. The highest BCUT2D eigenvalue weighted by atomic mass is 35.5. The van der Waals surface area contributed by atoms with Crippen molar-refractivity contribution in [1.82, 2.24) is 15.6 Å². The number of anilines is 1. The Bertz CT molecular complexity index is 1630. The molecule has 1 saturated heterocycles. The number of rotatable bonds is 3. The molecule has 10 nitrogen and oxygen atoms in total. The Balaban J connectivity index is 1.35. The van der Waals surface area contributed by atoms with Crippen LogP contribution in [-0.4, -0.2) is 62.9 Å². The number of ether oxygens (including phenoxy) is 4. The Kier molecular flexibility index (Phi) is 7.46. The summed E-state index contributed by atoms with van der Waals surface area (Å²) < 4.78 is 24.2. The maximum absolute atomic E-state index is 13.5. The van der Waals surface area contributed by atoms with Crippen LogP contribution < -0.4 is 34.5 Å². The molecule has 12 heteroatoms. The summed E-state index contributed by atoms with van der Waals surface area (Å²) >= 11 is 7.74. The Labute approximate surface area is 245 Å². The van der Waals surface area contributed by atoms with Gasteiger partial charge >= 0.3 is 0 Å². The van der Waals surface area contributed by atoms with Gasteiger partial charge in [-0.2, -0.15) is 0 Å². The van der Waals surface area contributed by atoms with E-state index in [-0.39, 0.29) is 31.0 Å². The van der Waals surface area contributed by atoms with E-state index in [0.717, 1.165) is 20.9 Å². The second-order valence-corrected chi connectivity index (χ2v) is 11.1. The van der Waals surface area contributed by atoms with Gasteiger partial charge in [0, 0.05) is 23.7 Å². The van der Waals surface area contributed by atoms with Gasteiger partial charge in [0.05, 0.1) is 37.0 Å². The van der Waals surface area contributed by atoms with Gasteiger partial charge in [0.1, 0.15) is 6.10 Å². The fourth-order valence-corrected chi connectivity index (χ4v) is 6.13. The fraction of sp³-hybridized carbons (Fsp3) is 0.276. The zero-order valence-electron chi connectivity index (χ0n) is 22.3. The monoisotopic (exact) mass is 594 g/mol. The van der Waals surface area contributed by atoms with Crippen LogP contribution in [0.15, 0.2) is 54.6 Å². The van der Waals surface area contributed by atoms with Crippen molar-refractivity contribution in [3.63, 3.8) is 0 Å². The second kappa shape index (κ2) is 11.3. The smallest absolute Gasteiger partial charge is 0.258 e. The third-order valence-corrected chi connectivity index (χ3v) is 8.29. The van der Waals surface area contributed by atoms with Gasteiger partial charge in [-0.05, 0) is 54.1 Å². The van der Waals surface area contributed by atoms with Gasteiger partial charge in [0.2, 0.25) is 0 Å². The summed E-state index contributed by atoms with van der Waals surface area (Å²) in [5, 5.41) is 7.43. The first-order valence-electron chi connectivity index (χ1n) is 12.9. The highest BCUT2D eigenvalue weighted by molar-refractivity contribution is 7.22. The molecule has 0 spiro atoms. The number of nitrogens with one attached hydrogen (secondary N) is 2. The minimum Gasteiger partial charge on any atom is -0.493 e. The summed E-state index contributed by atoms with van der Waals surface area (Å²) in [5.74, 6) is 1.12. The number of hydrogen-bond acceptors (Lipinski definition) is 9. The number of thiazole rings is 1. The Hall–Kier alpha value is -4.22. The zero-order valence-corrected chi connectivity index (χ0v) is 23.9. The molecule has 2 amide bonds. The van der Waals surface area contributed by atoms with E-state index in [4.69, 9.17) is 35.5 Å². The van der Waals surface area contributed by atoms with Crippen LogP contribution in [0.2, 0.25) is 5.02 Å². The number of amides is 2. The van der Waals surface area contributed by atoms with Gasteiger partial charge in [-0.1, -0.05) is 29.0 Å². The van der Waals surface area contributed by atoms with E-state index in [0.29, 0.717) is 46.7 Å². The van der Waals surface area contributed by atoms with Crippen LogP contribution >= 0.6 is 22.9 Å². The quantitative estimate of drug-likeness (QED) is 0.366. The number of carbonyl (C=O) groups is 2. The van der Waals surface area contributed by atoms with Gasteiger partial charge in [0.25, 0.3) is 11.8 Å². The molecule has 0 aliphatic carbocycles. The maximum atomic E-state index is 13.5. The van der Waals surface area contributed by atoms with E-state index in [1.54, 1.807) is 25.3 Å². The minimum absolute atomic E-state index is 0.243. The molecule has 3 aromatic carbocycles. The third-order valence-electron chi connectivity index (χ3n) is 6.97. The van der Waals surface area contributed by atoms with E-state index in [1.807, 2.05) is 36.4 Å². The van der Waals surface area contributed by atoms with E-state index in [1.165, 1.54) is 18.4 Å². The van der Waals surface area contributed by atoms with Crippen molar-refractivity contribution in [3.05, 3.63) is 70.7 Å². The minimum atomic E-state index is -0.418. The Morgan fingerprint density at radius 3 is 2.68 bits per heavy atom. The maximum Gasteiger partial charge on any atom is 0.258 e. The van der Waals surface area contributed by atoms with E-state index in [2.05, 4.69) is 15.5 Å². The molecule has 0 radical (unpaired) electrons. The van der Waals surface area contributed by atoms with Crippen LogP contribution in [0.4, 0.5) is 5.13 Å². The number of nitrogens with zero attached hydrogens (tertiary/aromatic N) is 2. The van der Waals surface area contributed by atoms with Crippen molar-refractivity contribution in [2.24, 2.45) is 0 Å². The van der Waals surface area contributed by atoms with Crippen LogP contribution in [0, 0.1) is 0 Å². The van der Waals surface area contributed by atoms with Crippen molar-refractivity contribution < 1.29 is 28.5 Å². The second-order valence-electron chi connectivity index (χ2n) is 9.67. The predicted molar refractivity (Wildman–Crippen MR) is 156 cm³/mol. The van der Waals surface area contributed by atoms with Gasteiger partial charge in [0.15, 0.2) is 34.7 Å². The molecule has 0 saturated carbocycles. The summed E-state index contributed by atoms with van der Waals surface area (Å²) in [6.45, 7) is 0.989. The molecule has 2 atom stereocenters. The largest absolute Gasteiger partial charge is 0.493 e. The molecular formula is C29H27ClN4O6S. The van der Waals surface area contributed by atoms with Crippen LogP contribution in [-0.2, 0) is 11.3 Å². The first-order valence-corrected chi connectivity index (χ1v) is 14.1. The van der Waals surface area contributed by atoms with Gasteiger partial charge < -0.3 is 34.5 Å². The van der Waals surface area contributed by atoms with Crippen LogP contribution in [0.1, 0.15) is 15.9 Å². The predicted octanol–water partition coefficient (Wildman–Crippen LogP) is 4.04. The number of halogens is 1. The van der Waals surface area contributed by atoms with Crippen LogP contribution in [0.3, 0.4) is 0 Å². The lowest BCUT2D eigenvalue weighted by Crippen LogP contribution is -2.45. The van der Waals surface area contributed by atoms with Crippen molar-refractivity contribution in [2.45, 2.75) is 18.7 Å². The number of methoxy groups -OCH3 is 2. The highest BCUT2D eigenvalue weighted by Crippen LogP contribution is 2.35. The molecule has 41 heavy (non-hydrogen) atoms. The van der Waals surface area contributed by atoms with Gasteiger partial charge in [-0.15, -0.1) is 0 Å². The summed E-state index contributed by atoms with van der Waals surface area (Å²) in [5.41, 5.74) is 2.05. The molecule has 212 valence electrons. The molecule has 4 aromatic rings. The van der Waals surface area contributed by atoms with Gasteiger partial charge in [-0.25, -0.2) is 4.98 Å². The van der Waals surface area contributed by atoms with E-state index < -0.39 is 6.10 Å². The highest BCUT2D eigenvalue weighted by Gasteiger charge is 2.38. The van der Waals surface area contributed by atoms with Crippen LogP contribution in [0.25, 0.3) is 10.2 Å². The average molecular weight is 595 g/mol. The third kappa shape index (κ3) is 5.68. The molecule has 4 heterocycles. The lowest BCUT2D eigenvalue weighted by atomic mass is 10.1. The molecule has 4 bridgehead atoms. The standard InChI is InChI=1S/C29H27ClN4O6S/c1-37-21-8-4-17-10-24(21)39-15-27(35)31-12-16-3-7-22(23(9-16)38-2)40-25-14-34(13-20(25)32-28(17)36)29-33-19-6-5-18(30)11-26(19)41-29/h3-11,20,25H,12-15H2,1-2H3,(H,31,35)(H,32,36)/t20-,25-/m0/s1. The Morgan fingerprint density at radius 2 is 1.85 bits per heavy atom. The molecular weight excluding hydrogens is 568 g/mol. The fourth-order valence-electron chi connectivity index (χ4n) is 4.87. The van der Waals surface area contributed by atoms with Crippen molar-refractivity contribution in [2.75, 3.05) is 38.8 Å². The lowest BCUT2D eigenvalue weighted by molar-refractivity contribution is -0.123. The van der Waals surface area contributed by atoms with E-state index >= 15 is 0 Å². The molecule has 7 rings (SSSR count). The van der Waals surface area contributed by atoms with E-state index in [9.17, 15) is 9.59 Å². The lowest BCUT2D eigenvalue weighted by Gasteiger charge is -2.22. The topological polar surface area (TPSA) is 111 Å². The van der Waals surface area contributed by atoms with Crippen LogP contribution in [0.5, 0.6) is 23.0 Å². The summed E-state index contributed by atoms with van der Waals surface area (Å²) in [4.78, 5) is 32.9. The normalized spacial score (nSPS) is 19.0. The number of aromatic nitrogens is 1. The SMILES string of the molecule is COc1ccc2cc1OCC(=O)NCc1ccc(c(OC)c1)O[C@H]1CN(c3nc4ccc(Cl)cc4s3)C[C@@H]1NC2=O. The molecule has 3 aliphatic heterocycles. The first kappa shape index (κ1) is 27.0. The molecule has 2 N–H and O–H groups in total.